The fraction of sp³-hybridized carbons (Fsp3) is 1.00. The van der Waals surface area contributed by atoms with Gasteiger partial charge in [0, 0.05) is 0 Å². The maximum Gasteiger partial charge on any atom is 0.153 e. The highest BCUT2D eigenvalue weighted by atomic mass is 14.5. The molecule has 0 spiro atoms. The van der Waals surface area contributed by atoms with Crippen LogP contribution in [0.3, 0.4) is 0 Å². The summed E-state index contributed by atoms with van der Waals surface area (Å²) in [5.74, 6) is 3.35. The van der Waals surface area contributed by atoms with Gasteiger partial charge in [-0.15, -0.1) is 0 Å². The molecule has 0 saturated carbocycles. The first-order chi connectivity index (χ1) is 7.28. The smallest absolute Gasteiger partial charge is 0.0654 e. The average Bonchev–Trinajstić information content (AvgIpc) is 2.27. The van der Waals surface area contributed by atoms with Crippen LogP contribution in [-0.2, 0) is 0 Å². The van der Waals surface area contributed by atoms with Gasteiger partial charge in [-0.05, 0) is 11.2 Å². The van der Waals surface area contributed by atoms with Gasteiger partial charge in [-0.1, -0.05) is 76.8 Å². The van der Waals surface area contributed by atoms with Crippen LogP contribution in [0.2, 0.25) is 16.9 Å². The van der Waals surface area contributed by atoms with E-state index in [1.54, 1.807) is 25.7 Å². The Morgan fingerprint density at radius 1 is 1.33 bits per heavy atom. The molecule has 84 valence electrons. The van der Waals surface area contributed by atoms with Crippen LogP contribution in [0.5, 0.6) is 0 Å². The van der Waals surface area contributed by atoms with Gasteiger partial charge in [0.25, 0.3) is 0 Å². The lowest BCUT2D eigenvalue weighted by Gasteiger charge is -2.66. The van der Waals surface area contributed by atoms with Crippen molar-refractivity contribution >= 4 is 6.71 Å². The Morgan fingerprint density at radius 3 is 2.93 bits per heavy atom. The van der Waals surface area contributed by atoms with Gasteiger partial charge in [0.1, 0.15) is 0 Å². The second-order valence-electron chi connectivity index (χ2n) is 6.65. The third-order valence-corrected chi connectivity index (χ3v) is 6.10. The molecular weight excluding hydrogens is 179 g/mol. The monoisotopic (exact) mass is 204 g/mol. The Morgan fingerprint density at radius 2 is 2.20 bits per heavy atom. The number of rotatable bonds is 3. The molecule has 3 fully saturated rings. The Balaban J connectivity index is 1.78. The molecular formula is C14H25B. The number of hydrogen-bond acceptors (Lipinski definition) is 0. The minimum Gasteiger partial charge on any atom is -0.0654 e. The summed E-state index contributed by atoms with van der Waals surface area (Å²) < 4.78 is 0. The van der Waals surface area contributed by atoms with E-state index in [1.165, 1.54) is 38.2 Å². The van der Waals surface area contributed by atoms with Crippen LogP contribution < -0.4 is 0 Å². The van der Waals surface area contributed by atoms with Crippen molar-refractivity contribution in [3.8, 4) is 0 Å². The van der Waals surface area contributed by atoms with E-state index >= 15 is 0 Å². The molecule has 1 heteroatoms. The number of hydrogen-bond donors (Lipinski definition) is 0. The minimum absolute atomic E-state index is 0.833. The average molecular weight is 204 g/mol. The maximum absolute atomic E-state index is 2.56. The van der Waals surface area contributed by atoms with Gasteiger partial charge in [-0.25, -0.2) is 0 Å². The highest BCUT2D eigenvalue weighted by Gasteiger charge is 2.66. The molecule has 0 amide bonds. The van der Waals surface area contributed by atoms with Gasteiger partial charge in [0.05, 0.1) is 0 Å². The molecule has 3 saturated heterocycles. The predicted molar refractivity (Wildman–Crippen MR) is 67.7 cm³/mol. The van der Waals surface area contributed by atoms with Crippen LogP contribution >= 0.6 is 0 Å². The van der Waals surface area contributed by atoms with Crippen LogP contribution in [0, 0.1) is 5.92 Å². The second kappa shape index (κ2) is 3.53. The van der Waals surface area contributed by atoms with Crippen LogP contribution in [0.15, 0.2) is 0 Å². The summed E-state index contributed by atoms with van der Waals surface area (Å²) in [6.45, 7) is 6.10. The topological polar surface area (TPSA) is 0 Å². The van der Waals surface area contributed by atoms with Gasteiger partial charge in [-0.2, -0.15) is 0 Å². The van der Waals surface area contributed by atoms with E-state index in [4.69, 9.17) is 0 Å². The van der Waals surface area contributed by atoms with Gasteiger partial charge in [0.15, 0.2) is 6.71 Å². The molecule has 0 aromatic carbocycles. The summed E-state index contributed by atoms with van der Waals surface area (Å²) in [6.07, 6.45) is 12.3. The lowest BCUT2D eigenvalue weighted by molar-refractivity contribution is 0.229. The van der Waals surface area contributed by atoms with Gasteiger partial charge in [0.2, 0.25) is 0 Å². The van der Waals surface area contributed by atoms with Crippen LogP contribution in [0.1, 0.15) is 65.2 Å². The van der Waals surface area contributed by atoms with Crippen molar-refractivity contribution in [2.24, 2.45) is 5.92 Å². The molecule has 3 aliphatic heterocycles. The van der Waals surface area contributed by atoms with Crippen molar-refractivity contribution in [2.45, 2.75) is 82.2 Å². The quantitative estimate of drug-likeness (QED) is 0.580. The molecule has 4 unspecified atom stereocenters. The Labute approximate surface area is 95.3 Å². The van der Waals surface area contributed by atoms with Crippen molar-refractivity contribution in [1.82, 2.24) is 0 Å². The van der Waals surface area contributed by atoms with Crippen molar-refractivity contribution in [3.05, 3.63) is 0 Å². The first kappa shape index (κ1) is 10.2. The molecule has 3 aliphatic rings. The molecule has 0 bridgehead atoms. The van der Waals surface area contributed by atoms with Crippen molar-refractivity contribution in [1.29, 1.82) is 0 Å². The maximum atomic E-state index is 2.56. The van der Waals surface area contributed by atoms with E-state index in [-0.39, 0.29) is 0 Å². The molecule has 0 aromatic heterocycles. The van der Waals surface area contributed by atoms with E-state index < -0.39 is 0 Å². The SMILES string of the molecule is CCCC(C)C12CCCCC3CC(C1)B32. The van der Waals surface area contributed by atoms with Gasteiger partial charge in [-0.3, -0.25) is 0 Å². The minimum atomic E-state index is 0.833. The van der Waals surface area contributed by atoms with Crippen molar-refractivity contribution in [2.75, 3.05) is 0 Å². The molecule has 4 atom stereocenters. The Kier molecular flexibility index (Phi) is 2.41. The summed E-state index contributed by atoms with van der Waals surface area (Å²) in [7, 11) is 0. The van der Waals surface area contributed by atoms with Crippen LogP contribution in [-0.4, -0.2) is 6.71 Å². The third kappa shape index (κ3) is 1.28. The van der Waals surface area contributed by atoms with Crippen molar-refractivity contribution in [3.63, 3.8) is 0 Å². The largest absolute Gasteiger partial charge is 0.153 e. The lowest BCUT2D eigenvalue weighted by atomic mass is 9.03. The molecule has 3 heterocycles. The standard InChI is InChI=1S/C14H25B/c1-3-6-11(2)14-8-5-4-7-12-9-13(10-14)15(12)14/h11-13H,3-10H2,1-2H3. The Bertz CT molecular complexity index is 250. The fourth-order valence-corrected chi connectivity index (χ4v) is 5.41. The summed E-state index contributed by atoms with van der Waals surface area (Å²) >= 11 is 0. The molecule has 3 rings (SSSR count). The molecule has 15 heavy (non-hydrogen) atoms. The molecule has 0 N–H and O–H groups in total. The first-order valence-corrected chi connectivity index (χ1v) is 7.28. The highest BCUT2D eigenvalue weighted by molar-refractivity contribution is 6.72. The zero-order valence-electron chi connectivity index (χ0n) is 10.5. The normalized spacial score (nSPS) is 44.8. The zero-order chi connectivity index (χ0) is 10.5. The summed E-state index contributed by atoms with van der Waals surface area (Å²) in [6, 6.07) is 0. The van der Waals surface area contributed by atoms with E-state index in [0.29, 0.717) is 0 Å². The second-order valence-corrected chi connectivity index (χ2v) is 6.65. The molecule has 0 aromatic rings. The van der Waals surface area contributed by atoms with Crippen LogP contribution in [0.4, 0.5) is 0 Å². The highest BCUT2D eigenvalue weighted by Crippen LogP contribution is 2.75. The summed E-state index contributed by atoms with van der Waals surface area (Å²) in [5.41, 5.74) is 0. The predicted octanol–water partition coefficient (Wildman–Crippen LogP) is 4.78. The summed E-state index contributed by atoms with van der Waals surface area (Å²) in [5, 5.41) is 0.833. The lowest BCUT2D eigenvalue weighted by Crippen LogP contribution is -2.60. The fourth-order valence-electron chi connectivity index (χ4n) is 5.41. The van der Waals surface area contributed by atoms with Crippen molar-refractivity contribution < 1.29 is 0 Å². The van der Waals surface area contributed by atoms with Gasteiger partial charge < -0.3 is 0 Å². The van der Waals surface area contributed by atoms with E-state index in [0.717, 1.165) is 17.0 Å². The third-order valence-electron chi connectivity index (χ3n) is 6.10. The van der Waals surface area contributed by atoms with Gasteiger partial charge >= 0.3 is 0 Å². The zero-order valence-corrected chi connectivity index (χ0v) is 10.5. The summed E-state index contributed by atoms with van der Waals surface area (Å²) in [4.78, 5) is 0. The van der Waals surface area contributed by atoms with E-state index in [1.807, 2.05) is 0 Å². The van der Waals surface area contributed by atoms with E-state index in [9.17, 15) is 0 Å². The van der Waals surface area contributed by atoms with Crippen LogP contribution in [0.25, 0.3) is 0 Å². The Hall–Kier alpha value is 0.0649. The first-order valence-electron chi connectivity index (χ1n) is 7.28. The molecule has 0 radical (unpaired) electrons. The molecule has 0 nitrogen and oxygen atoms in total. The van der Waals surface area contributed by atoms with E-state index in [2.05, 4.69) is 13.8 Å². The molecule has 0 aliphatic carbocycles.